The van der Waals surface area contributed by atoms with Crippen molar-refractivity contribution in [3.05, 3.63) is 34.2 Å². The van der Waals surface area contributed by atoms with Gasteiger partial charge in [0, 0.05) is 38.4 Å². The Hall–Kier alpha value is -1.66. The van der Waals surface area contributed by atoms with Crippen LogP contribution in [-0.4, -0.2) is 54.8 Å². The van der Waals surface area contributed by atoms with Gasteiger partial charge in [0.15, 0.2) is 0 Å². The molecule has 2 aliphatic rings. The van der Waals surface area contributed by atoms with Gasteiger partial charge in [-0.05, 0) is 37.2 Å². The Morgan fingerprint density at radius 1 is 1.21 bits per heavy atom. The lowest BCUT2D eigenvalue weighted by atomic mass is 9.91. The summed E-state index contributed by atoms with van der Waals surface area (Å²) in [6, 6.07) is 3.47. The Balaban J connectivity index is 1.54. The first-order chi connectivity index (χ1) is 11.7. The number of amides is 1. The van der Waals surface area contributed by atoms with E-state index < -0.39 is 0 Å². The standard InChI is InChI=1S/C18H26N2O4/c21-17-3-1-15(12-19-17)2-4-18(22)20-7-10-24-13-16(20)11-14-5-8-23-9-6-14/h1,3,12,14,16H,2,4-11,13H2,(H,19,21). The van der Waals surface area contributed by atoms with Crippen LogP contribution in [0.1, 0.15) is 31.2 Å². The fraction of sp³-hybridized carbons (Fsp3) is 0.667. The number of pyridine rings is 1. The highest BCUT2D eigenvalue weighted by atomic mass is 16.5. The number of carbonyl (C=O) groups excluding carboxylic acids is 1. The van der Waals surface area contributed by atoms with Gasteiger partial charge >= 0.3 is 0 Å². The van der Waals surface area contributed by atoms with Crippen molar-refractivity contribution >= 4 is 5.91 Å². The molecule has 1 aromatic heterocycles. The van der Waals surface area contributed by atoms with Crippen molar-refractivity contribution in [1.29, 1.82) is 0 Å². The van der Waals surface area contributed by atoms with Gasteiger partial charge in [-0.2, -0.15) is 0 Å². The normalized spacial score (nSPS) is 22.5. The van der Waals surface area contributed by atoms with Crippen molar-refractivity contribution in [2.75, 3.05) is 33.0 Å². The monoisotopic (exact) mass is 334 g/mol. The van der Waals surface area contributed by atoms with Gasteiger partial charge in [-0.15, -0.1) is 0 Å². The molecule has 1 amide bonds. The summed E-state index contributed by atoms with van der Waals surface area (Å²) in [7, 11) is 0. The van der Waals surface area contributed by atoms with Crippen LogP contribution in [0.25, 0.3) is 0 Å². The SMILES string of the molecule is O=C(CCc1ccc(=O)[nH]c1)N1CCOCC1CC1CCOCC1. The summed E-state index contributed by atoms with van der Waals surface area (Å²) >= 11 is 0. The second-order valence-electron chi connectivity index (χ2n) is 6.67. The van der Waals surface area contributed by atoms with Crippen LogP contribution in [0.3, 0.4) is 0 Å². The third kappa shape index (κ3) is 4.68. The molecule has 0 spiro atoms. The number of nitrogens with zero attached hydrogens (tertiary/aromatic N) is 1. The minimum atomic E-state index is -0.116. The van der Waals surface area contributed by atoms with Crippen LogP contribution >= 0.6 is 0 Å². The number of rotatable bonds is 5. The maximum absolute atomic E-state index is 12.7. The summed E-state index contributed by atoms with van der Waals surface area (Å²) in [5, 5.41) is 0. The van der Waals surface area contributed by atoms with E-state index in [2.05, 4.69) is 4.98 Å². The molecule has 0 aliphatic carbocycles. The summed E-state index contributed by atoms with van der Waals surface area (Å²) in [4.78, 5) is 28.4. The zero-order valence-electron chi connectivity index (χ0n) is 14.0. The lowest BCUT2D eigenvalue weighted by Crippen LogP contribution is -2.49. The molecule has 1 unspecified atom stereocenters. The molecule has 2 fully saturated rings. The van der Waals surface area contributed by atoms with E-state index in [1.807, 2.05) is 4.90 Å². The zero-order valence-corrected chi connectivity index (χ0v) is 14.0. The molecule has 0 radical (unpaired) electrons. The van der Waals surface area contributed by atoms with Crippen LogP contribution < -0.4 is 5.56 Å². The molecule has 6 nitrogen and oxygen atoms in total. The van der Waals surface area contributed by atoms with Crippen LogP contribution in [0.2, 0.25) is 0 Å². The summed E-state index contributed by atoms with van der Waals surface area (Å²) in [6.45, 7) is 3.60. The molecule has 2 aliphatic heterocycles. The van der Waals surface area contributed by atoms with Gasteiger partial charge in [0.25, 0.3) is 0 Å². The van der Waals surface area contributed by atoms with Crippen molar-refractivity contribution in [3.8, 4) is 0 Å². The number of aromatic nitrogens is 1. The molecular weight excluding hydrogens is 308 g/mol. The summed E-state index contributed by atoms with van der Waals surface area (Å²) < 4.78 is 11.0. The minimum Gasteiger partial charge on any atom is -0.381 e. The van der Waals surface area contributed by atoms with Gasteiger partial charge < -0.3 is 19.4 Å². The van der Waals surface area contributed by atoms with Gasteiger partial charge in [-0.25, -0.2) is 0 Å². The lowest BCUT2D eigenvalue weighted by Gasteiger charge is -2.38. The molecular formula is C18H26N2O4. The van der Waals surface area contributed by atoms with Gasteiger partial charge in [-0.1, -0.05) is 6.07 Å². The third-order valence-electron chi connectivity index (χ3n) is 4.97. The van der Waals surface area contributed by atoms with Crippen molar-refractivity contribution in [2.45, 2.75) is 38.1 Å². The molecule has 0 saturated carbocycles. The van der Waals surface area contributed by atoms with Crippen LogP contribution in [-0.2, 0) is 20.7 Å². The smallest absolute Gasteiger partial charge is 0.247 e. The van der Waals surface area contributed by atoms with Crippen LogP contribution in [0.5, 0.6) is 0 Å². The Kier molecular flexibility index (Phi) is 6.04. The third-order valence-corrected chi connectivity index (χ3v) is 4.97. The Morgan fingerprint density at radius 2 is 2.04 bits per heavy atom. The average Bonchev–Trinajstić information content (AvgIpc) is 2.62. The number of carbonyl (C=O) groups is 1. The van der Waals surface area contributed by atoms with Crippen LogP contribution in [0.15, 0.2) is 23.1 Å². The molecule has 0 aromatic carbocycles. The van der Waals surface area contributed by atoms with E-state index in [1.54, 1.807) is 12.3 Å². The summed E-state index contributed by atoms with van der Waals surface area (Å²) in [6.07, 6.45) is 5.97. The van der Waals surface area contributed by atoms with E-state index in [9.17, 15) is 9.59 Å². The maximum Gasteiger partial charge on any atom is 0.247 e. The first kappa shape index (κ1) is 17.2. The van der Waals surface area contributed by atoms with Crippen LogP contribution in [0.4, 0.5) is 0 Å². The van der Waals surface area contributed by atoms with Gasteiger partial charge in [0.1, 0.15) is 0 Å². The molecule has 0 bridgehead atoms. The zero-order chi connectivity index (χ0) is 16.8. The Bertz CT molecular complexity index is 574. The molecule has 6 heteroatoms. The molecule has 1 aromatic rings. The van der Waals surface area contributed by atoms with E-state index in [0.717, 1.165) is 38.0 Å². The van der Waals surface area contributed by atoms with Crippen molar-refractivity contribution in [1.82, 2.24) is 9.88 Å². The van der Waals surface area contributed by atoms with E-state index in [4.69, 9.17) is 9.47 Å². The molecule has 1 N–H and O–H groups in total. The number of nitrogens with one attached hydrogen (secondary N) is 1. The number of hydrogen-bond acceptors (Lipinski definition) is 4. The first-order valence-electron chi connectivity index (χ1n) is 8.85. The second-order valence-corrected chi connectivity index (χ2v) is 6.67. The molecule has 3 rings (SSSR count). The molecule has 24 heavy (non-hydrogen) atoms. The first-order valence-corrected chi connectivity index (χ1v) is 8.85. The lowest BCUT2D eigenvalue weighted by molar-refractivity contribution is -0.140. The van der Waals surface area contributed by atoms with E-state index >= 15 is 0 Å². The predicted octanol–water partition coefficient (Wildman–Crippen LogP) is 1.35. The molecule has 1 atom stereocenters. The average molecular weight is 334 g/mol. The number of aromatic amines is 1. The summed E-state index contributed by atoms with van der Waals surface area (Å²) in [5.41, 5.74) is 0.868. The highest BCUT2D eigenvalue weighted by molar-refractivity contribution is 5.77. The molecule has 2 saturated heterocycles. The van der Waals surface area contributed by atoms with Gasteiger partial charge in [-0.3, -0.25) is 9.59 Å². The Labute approximate surface area is 142 Å². The minimum absolute atomic E-state index is 0.116. The van der Waals surface area contributed by atoms with Crippen LogP contribution in [0, 0.1) is 5.92 Å². The van der Waals surface area contributed by atoms with E-state index in [0.29, 0.717) is 38.5 Å². The largest absolute Gasteiger partial charge is 0.381 e. The van der Waals surface area contributed by atoms with Crippen molar-refractivity contribution < 1.29 is 14.3 Å². The van der Waals surface area contributed by atoms with Crippen molar-refractivity contribution in [3.63, 3.8) is 0 Å². The summed E-state index contributed by atoms with van der Waals surface area (Å²) in [5.74, 6) is 0.807. The number of aryl methyl sites for hydroxylation is 1. The van der Waals surface area contributed by atoms with Gasteiger partial charge in [0.2, 0.25) is 11.5 Å². The topological polar surface area (TPSA) is 71.6 Å². The highest BCUT2D eigenvalue weighted by Crippen LogP contribution is 2.24. The Morgan fingerprint density at radius 3 is 2.79 bits per heavy atom. The fourth-order valence-electron chi connectivity index (χ4n) is 3.54. The highest BCUT2D eigenvalue weighted by Gasteiger charge is 2.29. The van der Waals surface area contributed by atoms with E-state index in [-0.39, 0.29) is 17.5 Å². The number of H-pyrrole nitrogens is 1. The number of ether oxygens (including phenoxy) is 2. The second kappa shape index (κ2) is 8.44. The molecule has 3 heterocycles. The van der Waals surface area contributed by atoms with E-state index in [1.165, 1.54) is 6.07 Å². The number of morpholine rings is 1. The van der Waals surface area contributed by atoms with Gasteiger partial charge in [0.05, 0.1) is 19.3 Å². The quantitative estimate of drug-likeness (QED) is 0.882. The predicted molar refractivity (Wildman–Crippen MR) is 89.9 cm³/mol. The fourth-order valence-corrected chi connectivity index (χ4v) is 3.54. The van der Waals surface area contributed by atoms with Crippen molar-refractivity contribution in [2.24, 2.45) is 5.92 Å². The maximum atomic E-state index is 12.7. The molecule has 132 valence electrons. The number of hydrogen-bond donors (Lipinski definition) is 1.